The number of aryl methyl sites for hydroxylation is 1. The van der Waals surface area contributed by atoms with E-state index in [0.29, 0.717) is 16.8 Å². The smallest absolute Gasteiger partial charge is 0.302 e. The van der Waals surface area contributed by atoms with Crippen LogP contribution in [-0.4, -0.2) is 17.5 Å². The fourth-order valence-corrected chi connectivity index (χ4v) is 1.91. The molecule has 5 heteroatoms. The lowest BCUT2D eigenvalue weighted by molar-refractivity contribution is -0.118. The van der Waals surface area contributed by atoms with E-state index in [0.717, 1.165) is 5.56 Å². The number of anilines is 1. The van der Waals surface area contributed by atoms with Gasteiger partial charge in [0.25, 0.3) is 5.91 Å². The number of hydrogen-bond acceptors (Lipinski definition) is 4. The summed E-state index contributed by atoms with van der Waals surface area (Å²) >= 11 is 0. The van der Waals surface area contributed by atoms with Gasteiger partial charge < -0.3 is 9.15 Å². The average Bonchev–Trinajstić information content (AvgIpc) is 2.87. The number of amides is 1. The molecule has 1 N–H and O–H groups in total. The van der Waals surface area contributed by atoms with E-state index in [-0.39, 0.29) is 18.5 Å². The lowest BCUT2D eigenvalue weighted by atomic mass is 10.2. The minimum absolute atomic E-state index is 0.0955. The Morgan fingerprint density at radius 3 is 2.86 bits per heavy atom. The molecule has 0 fully saturated rings. The van der Waals surface area contributed by atoms with Crippen molar-refractivity contribution in [3.8, 4) is 5.75 Å². The number of aromatic nitrogens is 1. The third-order valence-corrected chi connectivity index (χ3v) is 2.90. The fraction of sp³-hybridized carbons (Fsp3) is 0.125. The van der Waals surface area contributed by atoms with Gasteiger partial charge in [-0.05, 0) is 36.8 Å². The highest BCUT2D eigenvalue weighted by atomic mass is 16.5. The van der Waals surface area contributed by atoms with Crippen LogP contribution in [0.5, 0.6) is 5.75 Å². The van der Waals surface area contributed by atoms with Crippen LogP contribution in [0.1, 0.15) is 5.56 Å². The Hall–Kier alpha value is -2.82. The molecular formula is C16H14N2O3. The number of benzene rings is 2. The van der Waals surface area contributed by atoms with Crippen LogP contribution < -0.4 is 10.1 Å². The van der Waals surface area contributed by atoms with Crippen LogP contribution in [0.4, 0.5) is 6.01 Å². The Labute approximate surface area is 121 Å². The second-order valence-electron chi connectivity index (χ2n) is 4.64. The summed E-state index contributed by atoms with van der Waals surface area (Å²) in [5.74, 6) is 0.322. The number of ether oxygens (including phenoxy) is 1. The SMILES string of the molecule is Cc1ccc2nc(NC(=O)COc3ccccc3)oc2c1. The van der Waals surface area contributed by atoms with Gasteiger partial charge in [-0.2, -0.15) is 4.98 Å². The largest absolute Gasteiger partial charge is 0.484 e. The van der Waals surface area contributed by atoms with Crippen LogP contribution in [0.3, 0.4) is 0 Å². The molecule has 0 radical (unpaired) electrons. The summed E-state index contributed by atoms with van der Waals surface area (Å²) in [6.07, 6.45) is 0. The van der Waals surface area contributed by atoms with Crippen molar-refractivity contribution in [1.82, 2.24) is 4.98 Å². The summed E-state index contributed by atoms with van der Waals surface area (Å²) in [6, 6.07) is 15.0. The van der Waals surface area contributed by atoms with Crippen LogP contribution in [0.2, 0.25) is 0 Å². The van der Waals surface area contributed by atoms with Crippen LogP contribution in [0.15, 0.2) is 52.9 Å². The Bertz CT molecular complexity index is 766. The van der Waals surface area contributed by atoms with Crippen molar-refractivity contribution < 1.29 is 13.9 Å². The normalized spacial score (nSPS) is 10.5. The lowest BCUT2D eigenvalue weighted by Crippen LogP contribution is -2.20. The molecule has 0 saturated carbocycles. The molecule has 0 aliphatic heterocycles. The summed E-state index contributed by atoms with van der Waals surface area (Å²) in [6.45, 7) is 1.87. The number of oxazole rings is 1. The second kappa shape index (κ2) is 5.66. The average molecular weight is 282 g/mol. The summed E-state index contributed by atoms with van der Waals surface area (Å²) in [4.78, 5) is 16.0. The number of para-hydroxylation sites is 1. The quantitative estimate of drug-likeness (QED) is 0.798. The number of rotatable bonds is 4. The van der Waals surface area contributed by atoms with Gasteiger partial charge in [0.15, 0.2) is 12.2 Å². The van der Waals surface area contributed by atoms with Gasteiger partial charge in [0, 0.05) is 0 Å². The molecule has 0 unspecified atom stereocenters. The third-order valence-electron chi connectivity index (χ3n) is 2.90. The number of nitrogens with one attached hydrogen (secondary N) is 1. The van der Waals surface area contributed by atoms with E-state index in [1.807, 2.05) is 43.3 Å². The number of fused-ring (bicyclic) bond motifs is 1. The molecule has 0 aliphatic carbocycles. The zero-order valence-electron chi connectivity index (χ0n) is 11.5. The Balaban J connectivity index is 1.63. The Kier molecular flexibility index (Phi) is 3.55. The van der Waals surface area contributed by atoms with Gasteiger partial charge in [0.1, 0.15) is 11.3 Å². The van der Waals surface area contributed by atoms with E-state index < -0.39 is 0 Å². The van der Waals surface area contributed by atoms with Gasteiger partial charge in [-0.25, -0.2) is 0 Å². The van der Waals surface area contributed by atoms with Gasteiger partial charge in [-0.3, -0.25) is 10.1 Å². The molecule has 1 aromatic heterocycles. The van der Waals surface area contributed by atoms with Crippen molar-refractivity contribution in [2.45, 2.75) is 6.92 Å². The van der Waals surface area contributed by atoms with Crippen molar-refractivity contribution in [2.75, 3.05) is 11.9 Å². The zero-order chi connectivity index (χ0) is 14.7. The maximum Gasteiger partial charge on any atom is 0.302 e. The number of carbonyl (C=O) groups excluding carboxylic acids is 1. The minimum atomic E-state index is -0.317. The van der Waals surface area contributed by atoms with Crippen LogP contribution in [-0.2, 0) is 4.79 Å². The molecule has 106 valence electrons. The second-order valence-corrected chi connectivity index (χ2v) is 4.64. The number of nitrogens with zero attached hydrogens (tertiary/aromatic N) is 1. The van der Waals surface area contributed by atoms with E-state index >= 15 is 0 Å². The molecule has 21 heavy (non-hydrogen) atoms. The third kappa shape index (κ3) is 3.20. The van der Waals surface area contributed by atoms with Crippen molar-refractivity contribution in [3.63, 3.8) is 0 Å². The maximum absolute atomic E-state index is 11.8. The first-order valence-electron chi connectivity index (χ1n) is 6.55. The predicted octanol–water partition coefficient (Wildman–Crippen LogP) is 3.15. The van der Waals surface area contributed by atoms with E-state index in [1.54, 1.807) is 12.1 Å². The Morgan fingerprint density at radius 2 is 2.05 bits per heavy atom. The summed E-state index contributed by atoms with van der Waals surface area (Å²) in [5.41, 5.74) is 2.43. The van der Waals surface area contributed by atoms with Crippen LogP contribution in [0.25, 0.3) is 11.1 Å². The monoisotopic (exact) mass is 282 g/mol. The summed E-state index contributed by atoms with van der Waals surface area (Å²) in [5, 5.41) is 2.58. The maximum atomic E-state index is 11.8. The summed E-state index contributed by atoms with van der Waals surface area (Å²) in [7, 11) is 0. The van der Waals surface area contributed by atoms with Crippen molar-refractivity contribution >= 4 is 23.0 Å². The van der Waals surface area contributed by atoms with Gasteiger partial charge in [0.2, 0.25) is 0 Å². The Morgan fingerprint density at radius 1 is 1.24 bits per heavy atom. The van der Waals surface area contributed by atoms with Crippen molar-refractivity contribution in [3.05, 3.63) is 54.1 Å². The predicted molar refractivity (Wildman–Crippen MR) is 79.3 cm³/mol. The van der Waals surface area contributed by atoms with Gasteiger partial charge in [-0.15, -0.1) is 0 Å². The highest BCUT2D eigenvalue weighted by molar-refractivity contribution is 5.91. The molecule has 0 aliphatic rings. The van der Waals surface area contributed by atoms with Crippen LogP contribution >= 0.6 is 0 Å². The molecule has 2 aromatic carbocycles. The van der Waals surface area contributed by atoms with E-state index in [2.05, 4.69) is 10.3 Å². The van der Waals surface area contributed by atoms with Gasteiger partial charge in [0.05, 0.1) is 0 Å². The highest BCUT2D eigenvalue weighted by Gasteiger charge is 2.10. The topological polar surface area (TPSA) is 64.4 Å². The van der Waals surface area contributed by atoms with Gasteiger partial charge in [-0.1, -0.05) is 24.3 Å². The molecule has 1 amide bonds. The molecule has 3 aromatic rings. The van der Waals surface area contributed by atoms with E-state index in [9.17, 15) is 4.79 Å². The van der Waals surface area contributed by atoms with Crippen molar-refractivity contribution in [2.24, 2.45) is 0 Å². The number of hydrogen-bond donors (Lipinski definition) is 1. The van der Waals surface area contributed by atoms with E-state index in [1.165, 1.54) is 0 Å². The first-order chi connectivity index (χ1) is 10.2. The molecule has 0 saturated heterocycles. The minimum Gasteiger partial charge on any atom is -0.484 e. The molecule has 1 heterocycles. The number of carbonyl (C=O) groups is 1. The van der Waals surface area contributed by atoms with E-state index in [4.69, 9.17) is 9.15 Å². The summed E-state index contributed by atoms with van der Waals surface area (Å²) < 4.78 is 10.8. The lowest BCUT2D eigenvalue weighted by Gasteiger charge is -2.04. The first kappa shape index (κ1) is 13.2. The zero-order valence-corrected chi connectivity index (χ0v) is 11.5. The molecule has 3 rings (SSSR count). The molecule has 0 spiro atoms. The molecule has 0 bridgehead atoms. The van der Waals surface area contributed by atoms with Crippen LogP contribution in [0, 0.1) is 6.92 Å². The fourth-order valence-electron chi connectivity index (χ4n) is 1.91. The molecule has 0 atom stereocenters. The highest BCUT2D eigenvalue weighted by Crippen LogP contribution is 2.19. The van der Waals surface area contributed by atoms with Gasteiger partial charge >= 0.3 is 6.01 Å². The standard InChI is InChI=1S/C16H14N2O3/c1-11-7-8-13-14(9-11)21-16(17-13)18-15(19)10-20-12-5-3-2-4-6-12/h2-9H,10H2,1H3,(H,17,18,19). The van der Waals surface area contributed by atoms with Crippen molar-refractivity contribution in [1.29, 1.82) is 0 Å². The first-order valence-corrected chi connectivity index (χ1v) is 6.55. The molecule has 5 nitrogen and oxygen atoms in total. The molecular weight excluding hydrogens is 268 g/mol.